The Hall–Kier alpha value is -1.52. The molecule has 0 fully saturated rings. The minimum atomic E-state index is -0.352. The van der Waals surface area contributed by atoms with Gasteiger partial charge >= 0.3 is 0 Å². The lowest BCUT2D eigenvalue weighted by Gasteiger charge is -2.20. The van der Waals surface area contributed by atoms with Gasteiger partial charge in [0.1, 0.15) is 0 Å². The number of rotatable bonds is 12. The van der Waals surface area contributed by atoms with Crippen LogP contribution in [0.25, 0.3) is 5.57 Å². The van der Waals surface area contributed by atoms with E-state index in [1.807, 2.05) is 19.1 Å². The molecule has 2 nitrogen and oxygen atoms in total. The molecular formula is C24H36FNOS. The molecule has 4 heteroatoms. The normalized spacial score (nSPS) is 15.2. The summed E-state index contributed by atoms with van der Waals surface area (Å²) in [4.78, 5) is 0. The van der Waals surface area contributed by atoms with Gasteiger partial charge in [-0.2, -0.15) is 0 Å². The van der Waals surface area contributed by atoms with Crippen molar-refractivity contribution in [3.8, 4) is 0 Å². The first-order valence-electron chi connectivity index (χ1n) is 10.2. The van der Waals surface area contributed by atoms with E-state index in [1.165, 1.54) is 36.9 Å². The quantitative estimate of drug-likeness (QED) is 0.170. The van der Waals surface area contributed by atoms with Gasteiger partial charge in [-0.1, -0.05) is 68.7 Å². The summed E-state index contributed by atoms with van der Waals surface area (Å²) >= 11 is 1.52. The topological polar surface area (TPSA) is 35.2 Å². The highest BCUT2D eigenvalue weighted by molar-refractivity contribution is 7.94. The molecule has 28 heavy (non-hydrogen) atoms. The molecule has 0 saturated carbocycles. The molecule has 0 aliphatic heterocycles. The van der Waals surface area contributed by atoms with Gasteiger partial charge in [0.05, 0.1) is 12.8 Å². The van der Waals surface area contributed by atoms with Crippen LogP contribution in [0.2, 0.25) is 0 Å². The summed E-state index contributed by atoms with van der Waals surface area (Å²) in [6.45, 7) is 8.58. The molecule has 0 aliphatic carbocycles. The van der Waals surface area contributed by atoms with Gasteiger partial charge in [0.25, 0.3) is 0 Å². The predicted molar refractivity (Wildman–Crippen MR) is 124 cm³/mol. The van der Waals surface area contributed by atoms with Crippen LogP contribution in [0.4, 0.5) is 10.1 Å². The van der Waals surface area contributed by atoms with E-state index in [2.05, 4.69) is 32.9 Å². The molecule has 2 N–H and O–H groups in total. The van der Waals surface area contributed by atoms with Crippen LogP contribution in [0.3, 0.4) is 0 Å². The Morgan fingerprint density at radius 1 is 1.25 bits per heavy atom. The van der Waals surface area contributed by atoms with Crippen LogP contribution in [0.5, 0.6) is 0 Å². The van der Waals surface area contributed by atoms with Crippen LogP contribution in [-0.4, -0.2) is 12.9 Å². The molecule has 0 aromatic heterocycles. The number of nitrogens with two attached hydrogens (primary N) is 1. The Labute approximate surface area is 175 Å². The van der Waals surface area contributed by atoms with Crippen molar-refractivity contribution in [3.63, 3.8) is 0 Å². The van der Waals surface area contributed by atoms with Crippen molar-refractivity contribution >= 4 is 23.3 Å². The number of halogens is 1. The average molecular weight is 406 g/mol. The molecule has 0 amide bonds. The van der Waals surface area contributed by atoms with E-state index in [4.69, 9.17) is 9.92 Å². The number of allylic oxidation sites excluding steroid dienone is 6. The second kappa shape index (κ2) is 13.6. The smallest absolute Gasteiger partial charge is 0.153 e. The van der Waals surface area contributed by atoms with E-state index in [1.54, 1.807) is 25.3 Å². The Kier molecular flexibility index (Phi) is 11.9. The summed E-state index contributed by atoms with van der Waals surface area (Å²) in [6.07, 6.45) is 12.7. The van der Waals surface area contributed by atoms with Crippen LogP contribution >= 0.6 is 12.0 Å². The lowest BCUT2D eigenvalue weighted by atomic mass is 9.89. The van der Waals surface area contributed by atoms with Gasteiger partial charge in [0.2, 0.25) is 0 Å². The lowest BCUT2D eigenvalue weighted by Crippen LogP contribution is -2.10. The lowest BCUT2D eigenvalue weighted by molar-refractivity contribution is 0.442. The Morgan fingerprint density at radius 2 is 2.00 bits per heavy atom. The molecule has 2 atom stereocenters. The number of hydrogen-bond donors (Lipinski definition) is 1. The highest BCUT2D eigenvalue weighted by Gasteiger charge is 2.15. The van der Waals surface area contributed by atoms with E-state index < -0.39 is 0 Å². The molecule has 0 aliphatic rings. The van der Waals surface area contributed by atoms with Crippen LogP contribution in [0.15, 0.2) is 48.1 Å². The summed E-state index contributed by atoms with van der Waals surface area (Å²) in [5.74, 6) is 1.84. The summed E-state index contributed by atoms with van der Waals surface area (Å²) in [5.41, 5.74) is 8.70. The first-order valence-corrected chi connectivity index (χ1v) is 11.1. The second-order valence-electron chi connectivity index (χ2n) is 7.16. The van der Waals surface area contributed by atoms with Crippen LogP contribution < -0.4 is 5.73 Å². The minimum Gasteiger partial charge on any atom is -0.396 e. The Bertz CT molecular complexity index is 681. The molecule has 1 aromatic carbocycles. The highest BCUT2D eigenvalue weighted by atomic mass is 32.2. The van der Waals surface area contributed by atoms with E-state index in [0.717, 1.165) is 23.7 Å². The maximum atomic E-state index is 14.3. The third-order valence-electron chi connectivity index (χ3n) is 5.29. The van der Waals surface area contributed by atoms with Gasteiger partial charge in [0.15, 0.2) is 5.82 Å². The van der Waals surface area contributed by atoms with Crippen LogP contribution in [0.1, 0.15) is 58.9 Å². The third kappa shape index (κ3) is 7.84. The molecule has 1 rings (SSSR count). The molecule has 1 aromatic rings. The van der Waals surface area contributed by atoms with Gasteiger partial charge in [0, 0.05) is 11.3 Å². The number of anilines is 1. The van der Waals surface area contributed by atoms with Gasteiger partial charge in [-0.25, -0.2) is 4.39 Å². The number of benzene rings is 1. The monoisotopic (exact) mass is 405 g/mol. The molecule has 2 unspecified atom stereocenters. The maximum Gasteiger partial charge on any atom is 0.153 e. The van der Waals surface area contributed by atoms with Crippen molar-refractivity contribution in [1.82, 2.24) is 0 Å². The van der Waals surface area contributed by atoms with Gasteiger partial charge in [-0.3, -0.25) is 0 Å². The first kappa shape index (κ1) is 24.5. The van der Waals surface area contributed by atoms with Crippen molar-refractivity contribution in [3.05, 3.63) is 59.5 Å². The van der Waals surface area contributed by atoms with Gasteiger partial charge < -0.3 is 9.92 Å². The fraction of sp³-hybridized carbons (Fsp3) is 0.500. The maximum absolute atomic E-state index is 14.3. The summed E-state index contributed by atoms with van der Waals surface area (Å²) < 4.78 is 19.6. The second-order valence-corrected chi connectivity index (χ2v) is 8.06. The SMILES string of the molecule is C/C=C(/C/C=C\C(=C/C)c1cccc(N)c1F)C(CCC(C)CC)CSOC. The largest absolute Gasteiger partial charge is 0.396 e. The summed E-state index contributed by atoms with van der Waals surface area (Å²) in [7, 11) is 1.73. The number of nitrogen functional groups attached to an aromatic ring is 1. The number of hydrogen-bond acceptors (Lipinski definition) is 3. The third-order valence-corrected chi connectivity index (χ3v) is 6.06. The zero-order valence-electron chi connectivity index (χ0n) is 18.0. The van der Waals surface area contributed by atoms with E-state index in [-0.39, 0.29) is 11.5 Å². The molecule has 0 heterocycles. The zero-order chi connectivity index (χ0) is 20.9. The molecular weight excluding hydrogens is 369 g/mol. The van der Waals surface area contributed by atoms with Crippen LogP contribution in [0, 0.1) is 17.7 Å². The minimum absolute atomic E-state index is 0.182. The summed E-state index contributed by atoms with van der Waals surface area (Å²) in [5, 5.41) is 0. The predicted octanol–water partition coefficient (Wildman–Crippen LogP) is 7.44. The van der Waals surface area contributed by atoms with Crippen LogP contribution in [-0.2, 0) is 4.18 Å². The van der Waals surface area contributed by atoms with Crippen molar-refractivity contribution < 1.29 is 8.57 Å². The fourth-order valence-electron chi connectivity index (χ4n) is 3.17. The molecule has 0 bridgehead atoms. The van der Waals surface area contributed by atoms with E-state index in [9.17, 15) is 4.39 Å². The van der Waals surface area contributed by atoms with Gasteiger partial charge in [-0.15, -0.1) is 0 Å². The summed E-state index contributed by atoms with van der Waals surface area (Å²) in [6, 6.07) is 5.14. The molecule has 156 valence electrons. The Morgan fingerprint density at radius 3 is 2.61 bits per heavy atom. The highest BCUT2D eigenvalue weighted by Crippen LogP contribution is 2.29. The van der Waals surface area contributed by atoms with E-state index >= 15 is 0 Å². The zero-order valence-corrected chi connectivity index (χ0v) is 18.8. The standard InChI is InChI=1S/C24H36FNOS/c1-6-18(4)15-16-21(17-28-27-5)19(7-2)11-9-12-20(8-3)22-13-10-14-23(26)24(22)25/h7-10,12-14,18,21H,6,11,15-17,26H2,1-5H3/b12-9-,19-7-,20-8+. The van der Waals surface area contributed by atoms with E-state index in [0.29, 0.717) is 11.5 Å². The molecule has 0 saturated heterocycles. The van der Waals surface area contributed by atoms with Crippen molar-refractivity contribution in [1.29, 1.82) is 0 Å². The fourth-order valence-corrected chi connectivity index (χ4v) is 3.85. The molecule has 0 radical (unpaired) electrons. The Balaban J connectivity index is 2.86. The van der Waals surface area contributed by atoms with Gasteiger partial charge in [-0.05, 0) is 62.2 Å². The van der Waals surface area contributed by atoms with Crippen molar-refractivity contribution in [2.75, 3.05) is 18.6 Å². The first-order chi connectivity index (χ1) is 13.5. The van der Waals surface area contributed by atoms with Crippen molar-refractivity contribution in [2.24, 2.45) is 11.8 Å². The average Bonchev–Trinajstić information content (AvgIpc) is 2.71. The van der Waals surface area contributed by atoms with Crippen molar-refractivity contribution in [2.45, 2.75) is 53.4 Å². The molecule has 0 spiro atoms.